The molecular formula is C23H30N2O3. The topological polar surface area (TPSA) is 67.4 Å². The van der Waals surface area contributed by atoms with Crippen LogP contribution in [0.3, 0.4) is 0 Å². The molecule has 4 saturated carbocycles. The molecule has 28 heavy (non-hydrogen) atoms. The molecule has 2 N–H and O–H groups in total. The molecule has 4 fully saturated rings. The smallest absolute Gasteiger partial charge is 0.226 e. The number of hydrogen-bond acceptors (Lipinski definition) is 3. The largest absolute Gasteiger partial charge is 0.493 e. The molecule has 1 atom stereocenters. The highest BCUT2D eigenvalue weighted by atomic mass is 16.5. The van der Waals surface area contributed by atoms with E-state index in [1.54, 1.807) is 0 Å². The molecule has 150 valence electrons. The van der Waals surface area contributed by atoms with Gasteiger partial charge < -0.3 is 15.4 Å². The van der Waals surface area contributed by atoms with Gasteiger partial charge >= 0.3 is 0 Å². The summed E-state index contributed by atoms with van der Waals surface area (Å²) in [5.41, 5.74) is 0.907. The van der Waals surface area contributed by atoms with Crippen LogP contribution in [-0.4, -0.2) is 25.0 Å². The number of ether oxygens (including phenoxy) is 1. The molecule has 5 heteroatoms. The Morgan fingerprint density at radius 3 is 2.43 bits per heavy atom. The predicted octanol–water partition coefficient (Wildman–Crippen LogP) is 3.35. The van der Waals surface area contributed by atoms with Gasteiger partial charge in [-0.1, -0.05) is 18.2 Å². The summed E-state index contributed by atoms with van der Waals surface area (Å²) in [5, 5.41) is 6.22. The first kappa shape index (κ1) is 18.0. The Labute approximate surface area is 166 Å². The first-order chi connectivity index (χ1) is 13.6. The van der Waals surface area contributed by atoms with Crippen molar-refractivity contribution in [3.8, 4) is 5.75 Å². The molecule has 1 heterocycles. The Kier molecular flexibility index (Phi) is 4.56. The fourth-order valence-electron chi connectivity index (χ4n) is 6.62. The van der Waals surface area contributed by atoms with Gasteiger partial charge in [0.15, 0.2) is 0 Å². The maximum Gasteiger partial charge on any atom is 0.226 e. The van der Waals surface area contributed by atoms with Gasteiger partial charge in [-0.2, -0.15) is 0 Å². The van der Waals surface area contributed by atoms with Gasteiger partial charge in [-0.3, -0.25) is 9.59 Å². The monoisotopic (exact) mass is 382 g/mol. The summed E-state index contributed by atoms with van der Waals surface area (Å²) in [6, 6.07) is 7.87. The lowest BCUT2D eigenvalue weighted by molar-refractivity contribution is -0.146. The molecule has 0 saturated heterocycles. The molecule has 6 rings (SSSR count). The molecular weight excluding hydrogens is 352 g/mol. The predicted molar refractivity (Wildman–Crippen MR) is 106 cm³/mol. The highest BCUT2D eigenvalue weighted by molar-refractivity contribution is 5.84. The zero-order chi connectivity index (χ0) is 19.1. The van der Waals surface area contributed by atoms with Crippen LogP contribution < -0.4 is 15.4 Å². The number of rotatable bonds is 5. The van der Waals surface area contributed by atoms with Crippen LogP contribution in [0.2, 0.25) is 0 Å². The summed E-state index contributed by atoms with van der Waals surface area (Å²) < 4.78 is 5.66. The first-order valence-electron chi connectivity index (χ1n) is 10.9. The van der Waals surface area contributed by atoms with E-state index in [0.717, 1.165) is 54.7 Å². The average Bonchev–Trinajstić information content (AvgIpc) is 2.67. The zero-order valence-corrected chi connectivity index (χ0v) is 16.4. The van der Waals surface area contributed by atoms with Gasteiger partial charge in [-0.05, 0) is 62.3 Å². The van der Waals surface area contributed by atoms with E-state index in [9.17, 15) is 9.59 Å². The number of carbonyl (C=O) groups excluding carboxylic acids is 2. The summed E-state index contributed by atoms with van der Waals surface area (Å²) in [6.45, 7) is 1.04. The Balaban J connectivity index is 1.13. The van der Waals surface area contributed by atoms with Crippen molar-refractivity contribution in [2.45, 2.75) is 57.4 Å². The highest BCUT2D eigenvalue weighted by Crippen LogP contribution is 2.60. The van der Waals surface area contributed by atoms with E-state index in [-0.39, 0.29) is 23.3 Å². The third-order valence-corrected chi connectivity index (χ3v) is 7.45. The number of hydrogen-bond donors (Lipinski definition) is 2. The molecule has 1 aromatic rings. The van der Waals surface area contributed by atoms with Gasteiger partial charge in [0.1, 0.15) is 5.75 Å². The van der Waals surface area contributed by atoms with Gasteiger partial charge in [0, 0.05) is 30.4 Å². The Hall–Kier alpha value is -2.04. The van der Waals surface area contributed by atoms with Crippen LogP contribution in [0.15, 0.2) is 24.3 Å². The summed E-state index contributed by atoms with van der Waals surface area (Å²) in [4.78, 5) is 25.4. The average molecular weight is 383 g/mol. The van der Waals surface area contributed by atoms with E-state index in [2.05, 4.69) is 10.6 Å². The Morgan fingerprint density at radius 1 is 1.04 bits per heavy atom. The number of amides is 2. The minimum absolute atomic E-state index is 0.00342. The lowest BCUT2D eigenvalue weighted by atomic mass is 9.49. The lowest BCUT2D eigenvalue weighted by Crippen LogP contribution is -2.53. The normalized spacial score (nSPS) is 35.0. The van der Waals surface area contributed by atoms with Gasteiger partial charge in [-0.15, -0.1) is 0 Å². The third kappa shape index (κ3) is 3.29. The molecule has 5 nitrogen and oxygen atoms in total. The molecule has 1 aliphatic heterocycles. The molecule has 0 spiro atoms. The van der Waals surface area contributed by atoms with Crippen LogP contribution in [-0.2, 0) is 9.59 Å². The minimum Gasteiger partial charge on any atom is -0.493 e. The quantitative estimate of drug-likeness (QED) is 0.821. The first-order valence-corrected chi connectivity index (χ1v) is 10.9. The van der Waals surface area contributed by atoms with Crippen LogP contribution in [0.25, 0.3) is 0 Å². The van der Waals surface area contributed by atoms with E-state index in [0.29, 0.717) is 19.6 Å². The summed E-state index contributed by atoms with van der Waals surface area (Å²) >= 11 is 0. The van der Waals surface area contributed by atoms with Crippen LogP contribution in [0.4, 0.5) is 0 Å². The second-order valence-corrected chi connectivity index (χ2v) is 9.50. The minimum atomic E-state index is -0.134. The second-order valence-electron chi connectivity index (χ2n) is 9.50. The standard InChI is InChI=1S/C23H30N2O3/c26-21(25-19-6-8-28-20-4-2-1-3-18(19)20)5-7-24-22(27)23-12-15-9-16(13-23)11-17(10-15)14-23/h1-4,15-17,19H,5-14H2,(H,24,27)(H,25,26)/t15?,16?,17?,19-,23?/m1/s1. The van der Waals surface area contributed by atoms with Crippen LogP contribution >= 0.6 is 0 Å². The highest BCUT2D eigenvalue weighted by Gasteiger charge is 2.54. The summed E-state index contributed by atoms with van der Waals surface area (Å²) in [6.07, 6.45) is 8.31. The van der Waals surface area contributed by atoms with Crippen molar-refractivity contribution in [3.05, 3.63) is 29.8 Å². The molecule has 2 amide bonds. The SMILES string of the molecule is O=C(CCNC(=O)C12CC3CC(CC(C3)C1)C2)N[C@@H]1CCOc2ccccc21. The summed E-state index contributed by atoms with van der Waals surface area (Å²) in [5.74, 6) is 3.33. The molecule has 5 aliphatic rings. The lowest BCUT2D eigenvalue weighted by Gasteiger charge is -2.55. The number of para-hydroxylation sites is 1. The fourth-order valence-corrected chi connectivity index (χ4v) is 6.62. The van der Waals surface area contributed by atoms with Crippen LogP contribution in [0.5, 0.6) is 5.75 Å². The number of nitrogens with one attached hydrogen (secondary N) is 2. The number of carbonyl (C=O) groups is 2. The van der Waals surface area contributed by atoms with Crippen LogP contribution in [0, 0.1) is 23.2 Å². The second kappa shape index (κ2) is 7.09. The van der Waals surface area contributed by atoms with Crippen molar-refractivity contribution in [2.75, 3.05) is 13.2 Å². The van der Waals surface area contributed by atoms with E-state index < -0.39 is 0 Å². The maximum absolute atomic E-state index is 13.0. The van der Waals surface area contributed by atoms with Gasteiger partial charge in [0.2, 0.25) is 11.8 Å². The number of benzene rings is 1. The zero-order valence-electron chi connectivity index (χ0n) is 16.4. The Morgan fingerprint density at radius 2 is 1.71 bits per heavy atom. The molecule has 1 aromatic carbocycles. The Bertz CT molecular complexity index is 740. The van der Waals surface area contributed by atoms with E-state index >= 15 is 0 Å². The molecule has 0 unspecified atom stereocenters. The van der Waals surface area contributed by atoms with Crippen molar-refractivity contribution in [1.29, 1.82) is 0 Å². The van der Waals surface area contributed by atoms with E-state index in [1.807, 2.05) is 24.3 Å². The summed E-state index contributed by atoms with van der Waals surface area (Å²) in [7, 11) is 0. The number of fused-ring (bicyclic) bond motifs is 1. The van der Waals surface area contributed by atoms with Gasteiger partial charge in [0.05, 0.1) is 12.6 Å². The van der Waals surface area contributed by atoms with E-state index in [4.69, 9.17) is 4.74 Å². The molecule has 4 aliphatic carbocycles. The van der Waals surface area contributed by atoms with Crippen molar-refractivity contribution in [2.24, 2.45) is 23.2 Å². The van der Waals surface area contributed by atoms with E-state index in [1.165, 1.54) is 19.3 Å². The van der Waals surface area contributed by atoms with Crippen molar-refractivity contribution >= 4 is 11.8 Å². The van der Waals surface area contributed by atoms with Crippen molar-refractivity contribution < 1.29 is 14.3 Å². The maximum atomic E-state index is 13.0. The molecule has 4 bridgehead atoms. The fraction of sp³-hybridized carbons (Fsp3) is 0.652. The molecule has 0 aromatic heterocycles. The van der Waals surface area contributed by atoms with Crippen molar-refractivity contribution in [1.82, 2.24) is 10.6 Å². The van der Waals surface area contributed by atoms with Crippen molar-refractivity contribution in [3.63, 3.8) is 0 Å². The van der Waals surface area contributed by atoms with Gasteiger partial charge in [-0.25, -0.2) is 0 Å². The molecule has 0 radical (unpaired) electrons. The van der Waals surface area contributed by atoms with Crippen LogP contribution in [0.1, 0.15) is 63.0 Å². The van der Waals surface area contributed by atoms with Gasteiger partial charge in [0.25, 0.3) is 0 Å². The third-order valence-electron chi connectivity index (χ3n) is 7.45.